The first kappa shape index (κ1) is 24.1. The molecule has 2 aromatic carbocycles. The van der Waals surface area contributed by atoms with E-state index in [-0.39, 0.29) is 28.1 Å². The van der Waals surface area contributed by atoms with Gasteiger partial charge in [0.2, 0.25) is 0 Å². The molecule has 0 unspecified atom stereocenters. The molecule has 0 bridgehead atoms. The smallest absolute Gasteiger partial charge is 0.375 e. The molecule has 1 aliphatic heterocycles. The molecule has 1 aliphatic rings. The molecule has 1 atom stereocenters. The van der Waals surface area contributed by atoms with Gasteiger partial charge in [-0.05, 0) is 31.0 Å². The van der Waals surface area contributed by atoms with Crippen LogP contribution in [0.3, 0.4) is 0 Å². The van der Waals surface area contributed by atoms with E-state index in [9.17, 15) is 26.4 Å². The number of aryl methyl sites for hydroxylation is 2. The highest BCUT2D eigenvalue weighted by molar-refractivity contribution is 7.88. The molecule has 7 nitrogen and oxygen atoms in total. The predicted octanol–water partition coefficient (Wildman–Crippen LogP) is 3.87. The maximum atomic E-state index is 13.0. The lowest BCUT2D eigenvalue weighted by Crippen LogP contribution is -2.29. The molecule has 182 valence electrons. The normalized spacial score (nSPS) is 16.9. The Morgan fingerprint density at radius 1 is 1.12 bits per heavy atom. The van der Waals surface area contributed by atoms with Gasteiger partial charge in [0.25, 0.3) is 5.56 Å². The molecule has 0 amide bonds. The highest BCUT2D eigenvalue weighted by Gasteiger charge is 2.49. The van der Waals surface area contributed by atoms with Crippen LogP contribution in [0.5, 0.6) is 5.75 Å². The first-order chi connectivity index (χ1) is 16.0. The van der Waals surface area contributed by atoms with Gasteiger partial charge in [0, 0.05) is 42.8 Å². The summed E-state index contributed by atoms with van der Waals surface area (Å²) in [6.45, 7) is 2.90. The van der Waals surface area contributed by atoms with E-state index in [1.54, 1.807) is 6.07 Å². The first-order valence-electron chi connectivity index (χ1n) is 10.5. The highest BCUT2D eigenvalue weighted by atomic mass is 32.2. The van der Waals surface area contributed by atoms with Gasteiger partial charge in [0.05, 0.1) is 18.2 Å². The summed E-state index contributed by atoms with van der Waals surface area (Å²) in [4.78, 5) is 14.3. The van der Waals surface area contributed by atoms with Gasteiger partial charge in [0.1, 0.15) is 0 Å². The molecule has 34 heavy (non-hydrogen) atoms. The Kier molecular flexibility index (Phi) is 6.34. The molecule has 1 saturated heterocycles. The summed E-state index contributed by atoms with van der Waals surface area (Å²) in [6, 6.07) is 13.9. The Labute approximate surface area is 194 Å². The third kappa shape index (κ3) is 4.76. The fourth-order valence-corrected chi connectivity index (χ4v) is 4.45. The van der Waals surface area contributed by atoms with Crippen molar-refractivity contribution in [1.82, 2.24) is 4.57 Å². The van der Waals surface area contributed by atoms with E-state index < -0.39 is 21.4 Å². The fourth-order valence-electron chi connectivity index (χ4n) is 3.98. The molecule has 4 rings (SSSR count). The zero-order valence-electron chi connectivity index (χ0n) is 18.5. The van der Waals surface area contributed by atoms with Crippen LogP contribution < -0.4 is 14.6 Å². The van der Waals surface area contributed by atoms with Gasteiger partial charge in [-0.15, -0.1) is 0 Å². The number of halogens is 3. The Morgan fingerprint density at radius 3 is 2.50 bits per heavy atom. The third-order valence-electron chi connectivity index (χ3n) is 5.79. The molecular formula is C23H23F3N2O5S. The van der Waals surface area contributed by atoms with Crippen molar-refractivity contribution in [3.05, 3.63) is 70.0 Å². The van der Waals surface area contributed by atoms with E-state index in [0.717, 1.165) is 5.56 Å². The molecule has 0 radical (unpaired) electrons. The molecule has 3 aromatic rings. The molecular weight excluding hydrogens is 473 g/mol. The van der Waals surface area contributed by atoms with Crippen molar-refractivity contribution in [3.8, 4) is 5.75 Å². The minimum absolute atomic E-state index is 0.0900. The van der Waals surface area contributed by atoms with Crippen LogP contribution in [0.25, 0.3) is 10.9 Å². The van der Waals surface area contributed by atoms with Crippen LogP contribution in [0, 0.1) is 6.92 Å². The van der Waals surface area contributed by atoms with Gasteiger partial charge in [0.15, 0.2) is 5.75 Å². The monoisotopic (exact) mass is 496 g/mol. The van der Waals surface area contributed by atoms with Crippen molar-refractivity contribution < 1.29 is 30.5 Å². The van der Waals surface area contributed by atoms with Crippen molar-refractivity contribution in [2.24, 2.45) is 7.05 Å². The van der Waals surface area contributed by atoms with Gasteiger partial charge in [-0.1, -0.05) is 30.3 Å². The van der Waals surface area contributed by atoms with Gasteiger partial charge >= 0.3 is 15.6 Å². The number of aromatic nitrogens is 1. The van der Waals surface area contributed by atoms with E-state index >= 15 is 0 Å². The minimum Gasteiger partial charge on any atom is -0.375 e. The van der Waals surface area contributed by atoms with Crippen LogP contribution in [0.2, 0.25) is 0 Å². The average molecular weight is 497 g/mol. The second-order valence-corrected chi connectivity index (χ2v) is 9.74. The summed E-state index contributed by atoms with van der Waals surface area (Å²) in [6.07, 6.45) is 0.551. The zero-order chi connectivity index (χ0) is 24.7. The number of hydrogen-bond donors (Lipinski definition) is 0. The molecule has 11 heteroatoms. The van der Waals surface area contributed by atoms with Crippen LogP contribution in [0.15, 0.2) is 53.3 Å². The largest absolute Gasteiger partial charge is 0.534 e. The van der Waals surface area contributed by atoms with Crippen LogP contribution in [-0.4, -0.2) is 37.7 Å². The number of hydrogen-bond acceptors (Lipinski definition) is 6. The van der Waals surface area contributed by atoms with Gasteiger partial charge < -0.3 is 18.4 Å². The molecule has 0 aliphatic carbocycles. The van der Waals surface area contributed by atoms with Gasteiger partial charge in [-0.3, -0.25) is 4.79 Å². The van der Waals surface area contributed by atoms with E-state index in [1.165, 1.54) is 30.7 Å². The summed E-state index contributed by atoms with van der Waals surface area (Å²) in [5.74, 6) is -0.489. The van der Waals surface area contributed by atoms with Crippen LogP contribution in [0.1, 0.15) is 17.5 Å². The molecule has 0 spiro atoms. The Balaban J connectivity index is 1.67. The second-order valence-electron chi connectivity index (χ2n) is 8.20. The second kappa shape index (κ2) is 8.95. The average Bonchev–Trinajstić information content (AvgIpc) is 3.25. The summed E-state index contributed by atoms with van der Waals surface area (Å²) in [7, 11) is -4.43. The number of ether oxygens (including phenoxy) is 1. The maximum absolute atomic E-state index is 13.0. The van der Waals surface area contributed by atoms with Gasteiger partial charge in [-0.25, -0.2) is 0 Å². The van der Waals surface area contributed by atoms with Crippen molar-refractivity contribution in [3.63, 3.8) is 0 Å². The summed E-state index contributed by atoms with van der Waals surface area (Å²) >= 11 is 0. The zero-order valence-corrected chi connectivity index (χ0v) is 19.3. The third-order valence-corrected chi connectivity index (χ3v) is 6.76. The quantitative estimate of drug-likeness (QED) is 0.381. The molecule has 0 saturated carbocycles. The predicted molar refractivity (Wildman–Crippen MR) is 121 cm³/mol. The number of fused-ring (bicyclic) bond motifs is 1. The van der Waals surface area contributed by atoms with E-state index in [4.69, 9.17) is 4.74 Å². The number of alkyl halides is 3. The van der Waals surface area contributed by atoms with Crippen molar-refractivity contribution in [2.75, 3.05) is 18.0 Å². The van der Waals surface area contributed by atoms with Crippen LogP contribution in [0.4, 0.5) is 18.9 Å². The Bertz CT molecular complexity index is 1370. The lowest BCUT2D eigenvalue weighted by Gasteiger charge is -2.22. The maximum Gasteiger partial charge on any atom is 0.534 e. The van der Waals surface area contributed by atoms with Crippen LogP contribution in [-0.2, 0) is 28.5 Å². The summed E-state index contributed by atoms with van der Waals surface area (Å²) in [5.41, 5.74) is -3.98. The molecule has 2 heterocycles. The Morgan fingerprint density at radius 2 is 1.82 bits per heavy atom. The topological polar surface area (TPSA) is 77.8 Å². The first-order valence-corrected chi connectivity index (χ1v) is 11.9. The molecule has 1 fully saturated rings. The number of anilines is 1. The minimum atomic E-state index is -5.90. The van der Waals surface area contributed by atoms with E-state index in [1.807, 2.05) is 35.2 Å². The number of rotatable bonds is 6. The Hall–Kier alpha value is -3.05. The highest BCUT2D eigenvalue weighted by Crippen LogP contribution is 2.36. The summed E-state index contributed by atoms with van der Waals surface area (Å²) in [5, 5.41) is 0.0900. The molecule has 1 aromatic heterocycles. The standard InChI is InChI=1S/C23H23F3N2O5S/c1-15-10-19-20(27(2)22(15)29)11-17(12-21(19)33-34(30,31)23(24,25)26)28-9-8-18(13-28)32-14-16-6-4-3-5-7-16/h3-7,10-12,18H,8-9,13-14H2,1-2H3/t18-/m1/s1. The van der Waals surface area contributed by atoms with Crippen molar-refractivity contribution in [2.45, 2.75) is 31.6 Å². The van der Waals surface area contributed by atoms with E-state index in [2.05, 4.69) is 4.18 Å². The lowest BCUT2D eigenvalue weighted by molar-refractivity contribution is -0.0499. The lowest BCUT2D eigenvalue weighted by atomic mass is 10.1. The number of pyridine rings is 1. The summed E-state index contributed by atoms with van der Waals surface area (Å²) < 4.78 is 74.4. The van der Waals surface area contributed by atoms with Crippen LogP contribution >= 0.6 is 0 Å². The SMILES string of the molecule is Cc1cc2c(OS(=O)(=O)C(F)(F)F)cc(N3CC[C@@H](OCc4ccccc4)C3)cc2n(C)c1=O. The number of nitrogens with zero attached hydrogens (tertiary/aromatic N) is 2. The van der Waals surface area contributed by atoms with E-state index in [0.29, 0.717) is 31.8 Å². The fraction of sp³-hybridized carbons (Fsp3) is 0.348. The van der Waals surface area contributed by atoms with Gasteiger partial charge in [-0.2, -0.15) is 21.6 Å². The van der Waals surface area contributed by atoms with Crippen molar-refractivity contribution in [1.29, 1.82) is 0 Å². The van der Waals surface area contributed by atoms with Crippen molar-refractivity contribution >= 4 is 26.7 Å². The molecule has 0 N–H and O–H groups in total. The number of benzene rings is 2.